The summed E-state index contributed by atoms with van der Waals surface area (Å²) in [6.07, 6.45) is -0.528. The number of rotatable bonds is 1. The molecule has 0 spiro atoms. The molecule has 10 heavy (non-hydrogen) atoms. The normalized spacial score (nSPS) is 35.4. The van der Waals surface area contributed by atoms with Crippen molar-refractivity contribution < 1.29 is 14.6 Å². The van der Waals surface area contributed by atoms with Gasteiger partial charge >= 0.3 is 0 Å². The highest BCUT2D eigenvalue weighted by Gasteiger charge is 2.20. The van der Waals surface area contributed by atoms with Crippen LogP contribution in [0.2, 0.25) is 0 Å². The first-order chi connectivity index (χ1) is 4.84. The fourth-order valence-electron chi connectivity index (χ4n) is 0.753. The number of nitrogens with one attached hydrogen (secondary N) is 1. The molecule has 1 aliphatic heterocycles. The van der Waals surface area contributed by atoms with Gasteiger partial charge in [-0.2, -0.15) is 0 Å². The second-order valence-corrected chi connectivity index (χ2v) is 2.42. The summed E-state index contributed by atoms with van der Waals surface area (Å²) in [5, 5.41) is 9.23. The summed E-state index contributed by atoms with van der Waals surface area (Å²) >= 11 is 3.83. The lowest BCUT2D eigenvalue weighted by molar-refractivity contribution is -0.0421. The van der Waals surface area contributed by atoms with E-state index in [1.807, 2.05) is 0 Å². The van der Waals surface area contributed by atoms with Crippen LogP contribution in [0.15, 0.2) is 0 Å². The van der Waals surface area contributed by atoms with Crippen LogP contribution in [0.4, 0.5) is 0 Å². The van der Waals surface area contributed by atoms with E-state index < -0.39 is 6.10 Å². The van der Waals surface area contributed by atoms with Crippen LogP contribution in [0.3, 0.4) is 0 Å². The van der Waals surface area contributed by atoms with Crippen LogP contribution in [-0.4, -0.2) is 37.3 Å². The molecule has 0 saturated carbocycles. The number of thiol groups is 1. The van der Waals surface area contributed by atoms with Crippen LogP contribution in [0.25, 0.3) is 0 Å². The Hall–Kier alpha value is 0.190. The zero-order valence-corrected chi connectivity index (χ0v) is 6.38. The van der Waals surface area contributed by atoms with Gasteiger partial charge in [0.2, 0.25) is 0 Å². The first-order valence-electron chi connectivity index (χ1n) is 3.08. The van der Waals surface area contributed by atoms with Crippen molar-refractivity contribution in [2.45, 2.75) is 12.1 Å². The molecule has 0 unspecified atom stereocenters. The Balaban J connectivity index is 2.35. The molecule has 1 fully saturated rings. The van der Waals surface area contributed by atoms with Crippen molar-refractivity contribution in [2.75, 3.05) is 20.0 Å². The molecule has 0 amide bonds. The van der Waals surface area contributed by atoms with E-state index in [0.717, 1.165) is 0 Å². The monoisotopic (exact) mass is 165 g/mol. The Labute approximate surface area is 65.1 Å². The Bertz CT molecular complexity index is 103. The molecule has 1 rings (SSSR count). The van der Waals surface area contributed by atoms with E-state index in [4.69, 9.17) is 9.47 Å². The third-order valence-electron chi connectivity index (χ3n) is 1.38. The topological polar surface area (TPSA) is 50.7 Å². The van der Waals surface area contributed by atoms with Gasteiger partial charge in [0.05, 0.1) is 25.4 Å². The van der Waals surface area contributed by atoms with Crippen molar-refractivity contribution in [3.05, 3.63) is 0 Å². The molecule has 0 aromatic rings. The second-order valence-electron chi connectivity index (χ2n) is 2.16. The largest absolute Gasteiger partial charge is 0.389 e. The smallest absolute Gasteiger partial charge is 0.146 e. The quantitative estimate of drug-likeness (QED) is 0.443. The first-order valence-corrected chi connectivity index (χ1v) is 3.52. The van der Waals surface area contributed by atoms with Crippen molar-refractivity contribution in [3.63, 3.8) is 0 Å². The van der Waals surface area contributed by atoms with Crippen LogP contribution in [-0.2, 0) is 9.47 Å². The SMILES string of the molecule is O[C@H]1COCOC[C@@H]1NS. The molecular formula is C5H11NO3S. The molecule has 0 bridgehead atoms. The third kappa shape index (κ3) is 2.10. The van der Waals surface area contributed by atoms with Gasteiger partial charge in [-0.05, 0) is 0 Å². The third-order valence-corrected chi connectivity index (χ3v) is 1.71. The minimum atomic E-state index is -0.528. The summed E-state index contributed by atoms with van der Waals surface area (Å²) in [4.78, 5) is 0. The lowest BCUT2D eigenvalue weighted by Crippen LogP contribution is -2.39. The van der Waals surface area contributed by atoms with E-state index in [2.05, 4.69) is 17.5 Å². The zero-order chi connectivity index (χ0) is 7.40. The average Bonchev–Trinajstić information content (AvgIpc) is 2.13. The first kappa shape index (κ1) is 8.29. The number of hydrogen-bond acceptors (Lipinski definition) is 5. The fraction of sp³-hybridized carbons (Fsp3) is 1.00. The molecular weight excluding hydrogens is 154 g/mol. The summed E-state index contributed by atoms with van der Waals surface area (Å²) in [6, 6.07) is -0.133. The average molecular weight is 165 g/mol. The van der Waals surface area contributed by atoms with Gasteiger partial charge in [0.1, 0.15) is 6.79 Å². The molecule has 2 atom stereocenters. The summed E-state index contributed by atoms with van der Waals surface area (Å²) in [6.45, 7) is 0.992. The molecule has 1 saturated heterocycles. The van der Waals surface area contributed by atoms with Crippen molar-refractivity contribution >= 4 is 12.8 Å². The Morgan fingerprint density at radius 3 is 2.80 bits per heavy atom. The maximum atomic E-state index is 9.23. The second kappa shape index (κ2) is 4.15. The van der Waals surface area contributed by atoms with Crippen molar-refractivity contribution in [1.82, 2.24) is 4.72 Å². The molecule has 5 heteroatoms. The molecule has 0 aliphatic carbocycles. The van der Waals surface area contributed by atoms with E-state index in [9.17, 15) is 5.11 Å². The van der Waals surface area contributed by atoms with E-state index in [-0.39, 0.29) is 12.8 Å². The van der Waals surface area contributed by atoms with Crippen LogP contribution in [0.1, 0.15) is 0 Å². The van der Waals surface area contributed by atoms with E-state index in [0.29, 0.717) is 13.2 Å². The standard InChI is InChI=1S/C5H11NO3S/c7-5-2-9-3-8-1-4(5)6-10/h4-7,10H,1-3H2/t4-,5-/m0/s1. The molecule has 0 aromatic carbocycles. The van der Waals surface area contributed by atoms with E-state index in [1.165, 1.54) is 0 Å². The predicted octanol–water partition coefficient (Wildman–Crippen LogP) is -0.845. The highest BCUT2D eigenvalue weighted by atomic mass is 32.1. The summed E-state index contributed by atoms with van der Waals surface area (Å²) in [5.74, 6) is 0. The molecule has 0 radical (unpaired) electrons. The van der Waals surface area contributed by atoms with Crippen LogP contribution in [0.5, 0.6) is 0 Å². The van der Waals surface area contributed by atoms with Crippen molar-refractivity contribution in [3.8, 4) is 0 Å². The number of aliphatic hydroxyl groups excluding tert-OH is 1. The van der Waals surface area contributed by atoms with Gasteiger partial charge in [0.25, 0.3) is 0 Å². The number of aliphatic hydroxyl groups is 1. The van der Waals surface area contributed by atoms with Crippen molar-refractivity contribution in [2.24, 2.45) is 0 Å². The molecule has 1 aliphatic rings. The van der Waals surface area contributed by atoms with Crippen LogP contribution >= 0.6 is 12.8 Å². The fourth-order valence-corrected chi connectivity index (χ4v) is 1.00. The van der Waals surface area contributed by atoms with Gasteiger partial charge in [-0.1, -0.05) is 12.8 Å². The molecule has 1 heterocycles. The zero-order valence-electron chi connectivity index (χ0n) is 5.49. The minimum absolute atomic E-state index is 0.133. The van der Waals surface area contributed by atoms with E-state index in [1.54, 1.807) is 0 Å². The van der Waals surface area contributed by atoms with Gasteiger partial charge in [0.15, 0.2) is 0 Å². The van der Waals surface area contributed by atoms with Gasteiger partial charge in [-0.25, -0.2) is 0 Å². The van der Waals surface area contributed by atoms with Crippen molar-refractivity contribution in [1.29, 1.82) is 0 Å². The molecule has 60 valence electrons. The Morgan fingerprint density at radius 1 is 1.40 bits per heavy atom. The van der Waals surface area contributed by atoms with Gasteiger partial charge in [-0.3, -0.25) is 4.72 Å². The Morgan fingerprint density at radius 2 is 2.10 bits per heavy atom. The number of hydrogen-bond donors (Lipinski definition) is 3. The summed E-state index contributed by atoms with van der Waals surface area (Å²) in [7, 11) is 0. The lowest BCUT2D eigenvalue weighted by Gasteiger charge is -2.16. The summed E-state index contributed by atoms with van der Waals surface area (Å²) in [5.41, 5.74) is 0. The molecule has 4 nitrogen and oxygen atoms in total. The molecule has 2 N–H and O–H groups in total. The van der Waals surface area contributed by atoms with Crippen LogP contribution < -0.4 is 4.72 Å². The van der Waals surface area contributed by atoms with Gasteiger partial charge in [0, 0.05) is 0 Å². The van der Waals surface area contributed by atoms with Gasteiger partial charge in [-0.15, -0.1) is 0 Å². The predicted molar refractivity (Wildman–Crippen MR) is 38.7 cm³/mol. The highest BCUT2D eigenvalue weighted by Crippen LogP contribution is 2.01. The minimum Gasteiger partial charge on any atom is -0.389 e. The Kier molecular flexibility index (Phi) is 3.44. The summed E-state index contributed by atoms with van der Waals surface area (Å²) < 4.78 is 12.5. The maximum absolute atomic E-state index is 9.23. The van der Waals surface area contributed by atoms with Gasteiger partial charge < -0.3 is 14.6 Å². The molecule has 0 aromatic heterocycles. The maximum Gasteiger partial charge on any atom is 0.146 e. The van der Waals surface area contributed by atoms with E-state index >= 15 is 0 Å². The van der Waals surface area contributed by atoms with Crippen LogP contribution in [0, 0.1) is 0 Å². The number of ether oxygens (including phenoxy) is 2. The lowest BCUT2D eigenvalue weighted by atomic mass is 10.2. The highest BCUT2D eigenvalue weighted by molar-refractivity contribution is 7.78.